The molecule has 3 fully saturated rings. The average molecular weight is 628 g/mol. The second kappa shape index (κ2) is 13.8. The number of imidazole rings is 1. The highest BCUT2D eigenvalue weighted by molar-refractivity contribution is 6.42. The molecular weight excluding hydrogens is 597 g/mol. The number of aryl methyl sites for hydroxylation is 1. The Labute approximate surface area is 260 Å². The Morgan fingerprint density at radius 2 is 1.87 bits per heavy atom. The summed E-state index contributed by atoms with van der Waals surface area (Å²) in [6.45, 7) is 1.25. The van der Waals surface area contributed by atoms with Crippen molar-refractivity contribution in [1.29, 1.82) is 0 Å². The fourth-order valence-electron chi connectivity index (χ4n) is 4.49. The molecule has 6 rings (SSSR count). The molecule has 2 N–H and O–H groups in total. The number of carbonyl (C=O) groups excluding carboxylic acids is 2. The molecule has 0 aromatic carbocycles. The molecule has 3 aromatic rings. The molecule has 3 amide bonds. The zero-order chi connectivity index (χ0) is 33.0. The number of nitrogens with one attached hydrogen (secondary N) is 2. The predicted molar refractivity (Wildman–Crippen MR) is 154 cm³/mol. The van der Waals surface area contributed by atoms with Gasteiger partial charge in [-0.25, -0.2) is 36.5 Å². The first kappa shape index (κ1) is 34.3. The molecule has 0 bridgehead atoms. The van der Waals surface area contributed by atoms with E-state index in [1.54, 1.807) is 20.2 Å². The summed E-state index contributed by atoms with van der Waals surface area (Å²) >= 11 is 0. The van der Waals surface area contributed by atoms with Crippen molar-refractivity contribution < 1.29 is 36.5 Å². The lowest BCUT2D eigenvalue weighted by Gasteiger charge is -2.51. The van der Waals surface area contributed by atoms with Crippen LogP contribution in [0.15, 0.2) is 23.1 Å². The summed E-state index contributed by atoms with van der Waals surface area (Å²) in [4.78, 5) is 29.2. The van der Waals surface area contributed by atoms with Crippen LogP contribution < -0.4 is 10.6 Å². The molecular formula is C26H31B3F4N8O4. The summed E-state index contributed by atoms with van der Waals surface area (Å²) in [5.41, 5.74) is 1.53. The van der Waals surface area contributed by atoms with Crippen LogP contribution in [0.4, 0.5) is 22.4 Å². The molecule has 1 saturated heterocycles. The zero-order valence-electron chi connectivity index (χ0n) is 24.8. The van der Waals surface area contributed by atoms with Gasteiger partial charge in [0.05, 0.1) is 52.4 Å². The summed E-state index contributed by atoms with van der Waals surface area (Å²) in [5, 5.41) is 12.9. The number of halogens is 4. The molecule has 2 aliphatic carbocycles. The van der Waals surface area contributed by atoms with Crippen molar-refractivity contribution >= 4 is 41.1 Å². The number of rotatable bonds is 6. The van der Waals surface area contributed by atoms with Gasteiger partial charge >= 0.3 is 6.03 Å². The van der Waals surface area contributed by atoms with E-state index in [4.69, 9.17) is 28.3 Å². The van der Waals surface area contributed by atoms with Crippen LogP contribution in [-0.4, -0.2) is 102 Å². The molecule has 1 aliphatic heterocycles. The number of alkyl halides is 4. The van der Waals surface area contributed by atoms with E-state index in [1.807, 2.05) is 5.32 Å². The van der Waals surface area contributed by atoms with E-state index in [2.05, 4.69) is 30.3 Å². The normalized spacial score (nSPS) is 21.5. The van der Waals surface area contributed by atoms with Crippen molar-refractivity contribution in [3.8, 4) is 0 Å². The van der Waals surface area contributed by atoms with Gasteiger partial charge in [-0.15, -0.1) is 0 Å². The molecule has 1 unspecified atom stereocenters. The summed E-state index contributed by atoms with van der Waals surface area (Å²) in [6, 6.07) is 0.567. The Morgan fingerprint density at radius 3 is 2.40 bits per heavy atom. The number of fused-ring (bicyclic) bond motifs is 1. The van der Waals surface area contributed by atoms with Gasteiger partial charge in [0.25, 0.3) is 11.8 Å². The van der Waals surface area contributed by atoms with Crippen molar-refractivity contribution in [2.75, 3.05) is 7.11 Å². The molecule has 236 valence electrons. The first-order chi connectivity index (χ1) is 21.1. The van der Waals surface area contributed by atoms with E-state index in [-0.39, 0.29) is 31.6 Å². The van der Waals surface area contributed by atoms with Gasteiger partial charge in [-0.05, 0) is 49.4 Å². The van der Waals surface area contributed by atoms with Crippen LogP contribution in [0.3, 0.4) is 0 Å². The predicted octanol–water partition coefficient (Wildman–Crippen LogP) is 2.38. The van der Waals surface area contributed by atoms with E-state index in [1.165, 1.54) is 29.6 Å². The molecule has 45 heavy (non-hydrogen) atoms. The topological polar surface area (TPSA) is 140 Å². The van der Waals surface area contributed by atoms with Crippen LogP contribution >= 0.6 is 0 Å². The highest BCUT2D eigenvalue weighted by atomic mass is 19.3. The zero-order valence-corrected chi connectivity index (χ0v) is 24.8. The number of hydrogen-bond acceptors (Lipinski definition) is 8. The van der Waals surface area contributed by atoms with Gasteiger partial charge in [-0.3, -0.25) is 4.79 Å². The quantitative estimate of drug-likeness (QED) is 0.314. The van der Waals surface area contributed by atoms with Crippen molar-refractivity contribution in [1.82, 2.24) is 40.4 Å². The van der Waals surface area contributed by atoms with Crippen LogP contribution in [0.25, 0.3) is 5.65 Å². The van der Waals surface area contributed by atoms with Crippen LogP contribution in [0.2, 0.25) is 0 Å². The molecule has 0 spiro atoms. The summed E-state index contributed by atoms with van der Waals surface area (Å²) in [6.07, 6.45) is 8.78. The van der Waals surface area contributed by atoms with E-state index < -0.39 is 35.1 Å². The monoisotopic (exact) mass is 628 g/mol. The molecule has 2 saturated carbocycles. The van der Waals surface area contributed by atoms with Crippen molar-refractivity contribution in [3.05, 3.63) is 41.1 Å². The summed E-state index contributed by atoms with van der Waals surface area (Å²) < 4.78 is 63.8. The number of ether oxygens (including phenoxy) is 1. The average Bonchev–Trinajstić information content (AvgIpc) is 3.59. The van der Waals surface area contributed by atoms with Gasteiger partial charge in [-0.1, -0.05) is 11.6 Å². The lowest BCUT2D eigenvalue weighted by Crippen LogP contribution is -2.76. The molecule has 19 heteroatoms. The Morgan fingerprint density at radius 1 is 1.18 bits per heavy atom. The Kier molecular flexibility index (Phi) is 10.5. The maximum absolute atomic E-state index is 14.3. The first-order valence-corrected chi connectivity index (χ1v) is 14.2. The lowest BCUT2D eigenvalue weighted by molar-refractivity contribution is -0.0837. The Balaban J connectivity index is 0.000000291. The Bertz CT molecular complexity index is 1480. The molecule has 3 aromatic heterocycles. The van der Waals surface area contributed by atoms with Crippen molar-refractivity contribution in [2.24, 2.45) is 0 Å². The number of methoxy groups -OCH3 is 1. The van der Waals surface area contributed by atoms with E-state index in [0.717, 1.165) is 6.42 Å². The molecule has 12 nitrogen and oxygen atoms in total. The minimum absolute atomic E-state index is 0.0528. The number of amides is 3. The lowest BCUT2D eigenvalue weighted by atomic mass is 9.52. The third-order valence-electron chi connectivity index (χ3n) is 7.40. The number of nitrogens with zero attached hydrogens (tertiary/aromatic N) is 6. The number of aromatic nitrogens is 5. The number of urea groups is 1. The van der Waals surface area contributed by atoms with E-state index >= 15 is 0 Å². The van der Waals surface area contributed by atoms with Gasteiger partial charge in [-0.2, -0.15) is 5.10 Å². The van der Waals surface area contributed by atoms with Gasteiger partial charge in [0, 0.05) is 31.8 Å². The standard InChI is InChI=1S/C16H13B3F2N8O3.C6H10F2.C4H8O/c1-7-11(27-32-26-7)12(30)22-4-9-6-29-10(24-9)2-8(3-23-29)5-28-14(31)25-13(17)15(20,21)16(28,18)19;7-6(8)4-2-1-3-5-6;1-5-4-2-3-4/h2-3,6,13H,4-5H2,1H3,(H,22,30)(H,25,31);1-5H2;4H,2-3H2,1H3. The third-order valence-corrected chi connectivity index (χ3v) is 7.40. The minimum atomic E-state index is -3.80. The van der Waals surface area contributed by atoms with Crippen LogP contribution in [0, 0.1) is 6.92 Å². The SMILES string of the molecule is COC1CC1.FC1(F)CCCCC1.[B]C1NC(=O)N(Cc2cnn3cc(CNC(=O)c4nonc4C)nc3c2)C([B])([B])C1(F)F. The van der Waals surface area contributed by atoms with Gasteiger partial charge in [0.1, 0.15) is 13.5 Å². The van der Waals surface area contributed by atoms with E-state index in [9.17, 15) is 27.2 Å². The summed E-state index contributed by atoms with van der Waals surface area (Å²) in [7, 11) is 18.2. The fraction of sp³-hybridized carbons (Fsp3) is 0.615. The Hall–Kier alpha value is -3.63. The van der Waals surface area contributed by atoms with Gasteiger partial charge in [0.2, 0.25) is 5.92 Å². The van der Waals surface area contributed by atoms with E-state index in [0.29, 0.717) is 46.4 Å². The van der Waals surface area contributed by atoms with Crippen molar-refractivity contribution in [3.63, 3.8) is 0 Å². The highest BCUT2D eigenvalue weighted by Gasteiger charge is 2.57. The highest BCUT2D eigenvalue weighted by Crippen LogP contribution is 2.36. The number of carbonyl (C=O) groups is 2. The molecule has 4 heterocycles. The maximum atomic E-state index is 14.3. The minimum Gasteiger partial charge on any atom is -0.381 e. The van der Waals surface area contributed by atoms with Crippen LogP contribution in [0.1, 0.15) is 72.4 Å². The number of hydrogen-bond donors (Lipinski definition) is 2. The molecule has 3 aliphatic rings. The second-order valence-electron chi connectivity index (χ2n) is 11.1. The van der Waals surface area contributed by atoms with Crippen molar-refractivity contribution in [2.45, 2.75) is 94.2 Å². The van der Waals surface area contributed by atoms with Crippen LogP contribution in [0.5, 0.6) is 0 Å². The summed E-state index contributed by atoms with van der Waals surface area (Å²) in [5.74, 6) is -8.64. The van der Waals surface area contributed by atoms with Crippen LogP contribution in [-0.2, 0) is 17.8 Å². The fourth-order valence-corrected chi connectivity index (χ4v) is 4.49. The first-order valence-electron chi connectivity index (χ1n) is 14.2. The van der Waals surface area contributed by atoms with Gasteiger partial charge < -0.3 is 20.3 Å². The molecule has 6 radical (unpaired) electrons. The maximum Gasteiger partial charge on any atom is 0.316 e. The second-order valence-corrected chi connectivity index (χ2v) is 11.1. The molecule has 1 atom stereocenters. The smallest absolute Gasteiger partial charge is 0.316 e. The largest absolute Gasteiger partial charge is 0.381 e. The van der Waals surface area contributed by atoms with Gasteiger partial charge in [0.15, 0.2) is 11.3 Å². The third kappa shape index (κ3) is 8.35.